The van der Waals surface area contributed by atoms with Crippen LogP contribution in [0.4, 0.5) is 5.82 Å². The van der Waals surface area contributed by atoms with Crippen LogP contribution in [0.25, 0.3) is 22.4 Å². The van der Waals surface area contributed by atoms with Crippen LogP contribution in [0.1, 0.15) is 32.8 Å². The van der Waals surface area contributed by atoms with E-state index in [2.05, 4.69) is 25.3 Å². The van der Waals surface area contributed by atoms with Crippen LogP contribution in [0.3, 0.4) is 0 Å². The molecule has 0 saturated heterocycles. The molecule has 1 atom stereocenters. The van der Waals surface area contributed by atoms with Gasteiger partial charge < -0.3 is 15.4 Å². The molecule has 3 aromatic rings. The molecule has 0 bridgehead atoms. The summed E-state index contributed by atoms with van der Waals surface area (Å²) in [6, 6.07) is 1.67. The second kappa shape index (κ2) is 7.15. The minimum Gasteiger partial charge on any atom is -0.481 e. The van der Waals surface area contributed by atoms with Crippen molar-refractivity contribution in [3.63, 3.8) is 0 Å². The van der Waals surface area contributed by atoms with Crippen molar-refractivity contribution in [1.29, 1.82) is 0 Å². The van der Waals surface area contributed by atoms with Gasteiger partial charge in [0, 0.05) is 29.4 Å². The summed E-state index contributed by atoms with van der Waals surface area (Å²) < 4.78 is 0. The van der Waals surface area contributed by atoms with Crippen LogP contribution in [-0.4, -0.2) is 37.1 Å². The first-order valence-corrected chi connectivity index (χ1v) is 8.98. The van der Waals surface area contributed by atoms with Crippen LogP contribution < -0.4 is 5.32 Å². The number of nitrogens with zero attached hydrogens (tertiary/aromatic N) is 3. The van der Waals surface area contributed by atoms with Gasteiger partial charge in [0.2, 0.25) is 0 Å². The fourth-order valence-corrected chi connectivity index (χ4v) is 2.95. The highest BCUT2D eigenvalue weighted by Gasteiger charge is 2.28. The molecule has 142 valence electrons. The molecular formula is C19H22ClN5O2. The number of carbonyl (C=O) groups is 1. The van der Waals surface area contributed by atoms with E-state index >= 15 is 0 Å². The van der Waals surface area contributed by atoms with Crippen molar-refractivity contribution in [2.24, 2.45) is 5.41 Å². The number of aryl methyl sites for hydroxylation is 1. The highest BCUT2D eigenvalue weighted by molar-refractivity contribution is 6.32. The van der Waals surface area contributed by atoms with E-state index in [0.717, 1.165) is 22.2 Å². The van der Waals surface area contributed by atoms with Crippen molar-refractivity contribution in [2.45, 2.75) is 40.2 Å². The Morgan fingerprint density at radius 1 is 1.33 bits per heavy atom. The van der Waals surface area contributed by atoms with Gasteiger partial charge in [-0.05, 0) is 24.0 Å². The number of fused-ring (bicyclic) bond motifs is 1. The minimum absolute atomic E-state index is 0.0463. The molecule has 8 heteroatoms. The predicted octanol–water partition coefficient (Wildman–Crippen LogP) is 4.28. The molecule has 0 saturated carbocycles. The van der Waals surface area contributed by atoms with Gasteiger partial charge in [-0.3, -0.25) is 4.79 Å². The fraction of sp³-hybridized carbons (Fsp3) is 0.368. The second-order valence-electron chi connectivity index (χ2n) is 7.66. The molecule has 3 aromatic heterocycles. The first-order chi connectivity index (χ1) is 12.6. The summed E-state index contributed by atoms with van der Waals surface area (Å²) in [7, 11) is 0. The molecule has 0 radical (unpaired) electrons. The summed E-state index contributed by atoms with van der Waals surface area (Å²) in [6.07, 6.45) is 5.07. The van der Waals surface area contributed by atoms with E-state index in [9.17, 15) is 9.90 Å². The van der Waals surface area contributed by atoms with Gasteiger partial charge in [0.05, 0.1) is 12.6 Å². The summed E-state index contributed by atoms with van der Waals surface area (Å²) in [5, 5.41) is 13.7. The third-order valence-electron chi connectivity index (χ3n) is 4.39. The van der Waals surface area contributed by atoms with Gasteiger partial charge in [-0.1, -0.05) is 32.4 Å². The molecule has 0 aromatic carbocycles. The summed E-state index contributed by atoms with van der Waals surface area (Å²) >= 11 is 6.28. The zero-order valence-corrected chi connectivity index (χ0v) is 16.4. The van der Waals surface area contributed by atoms with Crippen LogP contribution in [0.5, 0.6) is 0 Å². The van der Waals surface area contributed by atoms with E-state index in [1.54, 1.807) is 6.20 Å². The maximum absolute atomic E-state index is 11.2. The van der Waals surface area contributed by atoms with Gasteiger partial charge in [0.1, 0.15) is 16.5 Å². The first kappa shape index (κ1) is 19.1. The van der Waals surface area contributed by atoms with Crippen LogP contribution in [0, 0.1) is 12.3 Å². The number of halogens is 1. The van der Waals surface area contributed by atoms with E-state index in [4.69, 9.17) is 11.6 Å². The smallest absolute Gasteiger partial charge is 0.305 e. The summed E-state index contributed by atoms with van der Waals surface area (Å²) in [5.41, 5.74) is 2.30. The molecule has 3 N–H and O–H groups in total. The second-order valence-corrected chi connectivity index (χ2v) is 8.07. The average molecular weight is 388 g/mol. The number of aromatic amines is 1. The standard InChI is InChI=1S/C19H22ClN5O2/c1-10-5-11-12(8-22-16(11)21-7-10)17-23-9-13(20)18(25-17)24-14(6-15(26)27)19(2,3)4/h5,7-9,14H,6H2,1-4H3,(H,21,22)(H,26,27)(H,23,24,25)/t14-/m1/s1. The number of hydrogen-bond donors (Lipinski definition) is 3. The van der Waals surface area contributed by atoms with Gasteiger partial charge in [0.25, 0.3) is 0 Å². The lowest BCUT2D eigenvalue weighted by Gasteiger charge is -2.31. The zero-order valence-electron chi connectivity index (χ0n) is 15.7. The molecule has 0 amide bonds. The highest BCUT2D eigenvalue weighted by atomic mass is 35.5. The van der Waals surface area contributed by atoms with Gasteiger partial charge >= 0.3 is 5.97 Å². The molecule has 0 fully saturated rings. The monoisotopic (exact) mass is 387 g/mol. The Hall–Kier alpha value is -2.67. The average Bonchev–Trinajstić information content (AvgIpc) is 2.98. The lowest BCUT2D eigenvalue weighted by molar-refractivity contribution is -0.137. The van der Waals surface area contributed by atoms with E-state index in [0.29, 0.717) is 16.7 Å². The van der Waals surface area contributed by atoms with Crippen LogP contribution in [0.2, 0.25) is 5.02 Å². The third kappa shape index (κ3) is 4.19. The SMILES string of the molecule is Cc1cnc2[nH]cc(-c3ncc(Cl)c(N[C@H](CC(=O)O)C(C)(C)C)n3)c2c1. The number of anilines is 1. The Kier molecular flexibility index (Phi) is 5.06. The number of aliphatic carboxylic acids is 1. The van der Waals surface area contributed by atoms with Gasteiger partial charge in [-0.15, -0.1) is 0 Å². The normalized spacial score (nSPS) is 12.9. The Morgan fingerprint density at radius 2 is 2.07 bits per heavy atom. The van der Waals surface area contributed by atoms with Crippen molar-refractivity contribution in [3.8, 4) is 11.4 Å². The van der Waals surface area contributed by atoms with Crippen LogP contribution in [-0.2, 0) is 4.79 Å². The maximum atomic E-state index is 11.2. The molecule has 3 heterocycles. The molecular weight excluding hydrogens is 366 g/mol. The van der Waals surface area contributed by atoms with Crippen molar-refractivity contribution < 1.29 is 9.90 Å². The van der Waals surface area contributed by atoms with E-state index in [-0.39, 0.29) is 17.9 Å². The number of aromatic nitrogens is 4. The summed E-state index contributed by atoms with van der Waals surface area (Å²) in [5.74, 6) is 0.0207. The fourth-order valence-electron chi connectivity index (χ4n) is 2.80. The molecule has 7 nitrogen and oxygen atoms in total. The number of H-pyrrole nitrogens is 1. The van der Waals surface area contributed by atoms with E-state index in [1.807, 2.05) is 40.0 Å². The number of pyridine rings is 1. The Balaban J connectivity index is 2.01. The van der Waals surface area contributed by atoms with E-state index in [1.165, 1.54) is 6.20 Å². The van der Waals surface area contributed by atoms with Gasteiger partial charge in [-0.2, -0.15) is 0 Å². The Bertz CT molecular complexity index is 993. The number of carboxylic acids is 1. The topological polar surface area (TPSA) is 104 Å². The number of rotatable bonds is 5. The number of nitrogens with one attached hydrogen (secondary N) is 2. The lowest BCUT2D eigenvalue weighted by Crippen LogP contribution is -2.36. The predicted molar refractivity (Wildman–Crippen MR) is 106 cm³/mol. The molecule has 0 aliphatic rings. The molecule has 0 aliphatic heterocycles. The van der Waals surface area contributed by atoms with Crippen LogP contribution in [0.15, 0.2) is 24.7 Å². The van der Waals surface area contributed by atoms with Gasteiger partial charge in [-0.25, -0.2) is 15.0 Å². The quantitative estimate of drug-likeness (QED) is 0.603. The summed E-state index contributed by atoms with van der Waals surface area (Å²) in [6.45, 7) is 7.88. The molecule has 0 spiro atoms. The third-order valence-corrected chi connectivity index (χ3v) is 4.66. The first-order valence-electron chi connectivity index (χ1n) is 8.60. The van der Waals surface area contributed by atoms with E-state index < -0.39 is 5.97 Å². The number of hydrogen-bond acceptors (Lipinski definition) is 5. The highest BCUT2D eigenvalue weighted by Crippen LogP contribution is 2.31. The molecule has 3 rings (SSSR count). The van der Waals surface area contributed by atoms with Crippen molar-refractivity contribution >= 4 is 34.4 Å². The molecule has 27 heavy (non-hydrogen) atoms. The van der Waals surface area contributed by atoms with Gasteiger partial charge in [0.15, 0.2) is 5.82 Å². The largest absolute Gasteiger partial charge is 0.481 e. The molecule has 0 aliphatic carbocycles. The lowest BCUT2D eigenvalue weighted by atomic mass is 9.85. The number of carboxylic acid groups (broad SMARTS) is 1. The van der Waals surface area contributed by atoms with Crippen molar-refractivity contribution in [1.82, 2.24) is 19.9 Å². The maximum Gasteiger partial charge on any atom is 0.305 e. The summed E-state index contributed by atoms with van der Waals surface area (Å²) in [4.78, 5) is 27.6. The van der Waals surface area contributed by atoms with Crippen molar-refractivity contribution in [3.05, 3.63) is 35.2 Å². The van der Waals surface area contributed by atoms with Crippen LogP contribution >= 0.6 is 11.6 Å². The van der Waals surface area contributed by atoms with Crippen molar-refractivity contribution in [2.75, 3.05) is 5.32 Å². The molecule has 0 unspecified atom stereocenters. The Labute approximate surface area is 162 Å². The Morgan fingerprint density at radius 3 is 2.74 bits per heavy atom. The minimum atomic E-state index is -0.883. The zero-order chi connectivity index (χ0) is 19.8.